The average molecular weight is 219 g/mol. The Morgan fingerprint density at radius 3 is 2.47 bits per heavy atom. The van der Waals surface area contributed by atoms with E-state index < -0.39 is 12.2 Å². The standard InChI is InChI=1S/C10H21NO4/c1-3-8(4-2)9(13)7-11-10(14)15-6-5-12/h8-9,12-13H,3-7H2,1-2H3,(H,11,14). The molecule has 0 aliphatic rings. The third kappa shape index (κ3) is 6.30. The minimum Gasteiger partial charge on any atom is -0.447 e. The van der Waals surface area contributed by atoms with Crippen LogP contribution in [-0.4, -0.2) is 42.2 Å². The van der Waals surface area contributed by atoms with Crippen molar-refractivity contribution in [3.63, 3.8) is 0 Å². The molecular weight excluding hydrogens is 198 g/mol. The number of nitrogens with one attached hydrogen (secondary N) is 1. The SMILES string of the molecule is CCC(CC)C(O)CNC(=O)OCCO. The molecule has 0 aromatic heterocycles. The number of aliphatic hydroxyl groups excluding tert-OH is 2. The summed E-state index contributed by atoms with van der Waals surface area (Å²) in [5.41, 5.74) is 0. The number of hydrogen-bond donors (Lipinski definition) is 3. The molecule has 0 fully saturated rings. The highest BCUT2D eigenvalue weighted by Crippen LogP contribution is 2.12. The van der Waals surface area contributed by atoms with Crippen LogP contribution in [0.4, 0.5) is 4.79 Å². The lowest BCUT2D eigenvalue weighted by molar-refractivity contribution is 0.0878. The van der Waals surface area contributed by atoms with Gasteiger partial charge in [-0.1, -0.05) is 26.7 Å². The van der Waals surface area contributed by atoms with Crippen molar-refractivity contribution in [3.05, 3.63) is 0 Å². The summed E-state index contributed by atoms with van der Waals surface area (Å²) in [6.45, 7) is 3.98. The Bertz CT molecular complexity index is 171. The van der Waals surface area contributed by atoms with Crippen molar-refractivity contribution in [3.8, 4) is 0 Å². The molecule has 15 heavy (non-hydrogen) atoms. The van der Waals surface area contributed by atoms with Gasteiger partial charge in [0.1, 0.15) is 6.61 Å². The summed E-state index contributed by atoms with van der Waals surface area (Å²) in [4.78, 5) is 11.0. The van der Waals surface area contributed by atoms with Crippen molar-refractivity contribution in [1.82, 2.24) is 5.32 Å². The highest BCUT2D eigenvalue weighted by atomic mass is 16.6. The zero-order chi connectivity index (χ0) is 11.7. The summed E-state index contributed by atoms with van der Waals surface area (Å²) in [5.74, 6) is 0.197. The zero-order valence-electron chi connectivity index (χ0n) is 9.40. The molecule has 5 heteroatoms. The molecule has 0 saturated carbocycles. The number of carbonyl (C=O) groups is 1. The van der Waals surface area contributed by atoms with Crippen LogP contribution in [0.15, 0.2) is 0 Å². The molecule has 5 nitrogen and oxygen atoms in total. The van der Waals surface area contributed by atoms with Crippen molar-refractivity contribution in [1.29, 1.82) is 0 Å². The fourth-order valence-corrected chi connectivity index (χ4v) is 1.38. The monoisotopic (exact) mass is 219 g/mol. The second kappa shape index (κ2) is 8.49. The smallest absolute Gasteiger partial charge is 0.407 e. The molecule has 3 N–H and O–H groups in total. The van der Waals surface area contributed by atoms with Gasteiger partial charge in [-0.25, -0.2) is 4.79 Å². The molecule has 1 atom stereocenters. The van der Waals surface area contributed by atoms with E-state index in [0.717, 1.165) is 12.8 Å². The number of ether oxygens (including phenoxy) is 1. The Balaban J connectivity index is 3.68. The topological polar surface area (TPSA) is 78.8 Å². The van der Waals surface area contributed by atoms with Crippen LogP contribution in [0.3, 0.4) is 0 Å². The first-order valence-electron chi connectivity index (χ1n) is 5.35. The van der Waals surface area contributed by atoms with Gasteiger partial charge in [-0.15, -0.1) is 0 Å². The Hall–Kier alpha value is -0.810. The number of hydrogen-bond acceptors (Lipinski definition) is 4. The summed E-state index contributed by atoms with van der Waals surface area (Å²) in [6.07, 6.45) is 0.617. The fraction of sp³-hybridized carbons (Fsp3) is 0.900. The van der Waals surface area contributed by atoms with Crippen molar-refractivity contribution in [2.24, 2.45) is 5.92 Å². The van der Waals surface area contributed by atoms with Gasteiger partial charge in [0, 0.05) is 6.54 Å². The second-order valence-corrected chi connectivity index (χ2v) is 3.38. The minimum atomic E-state index is -0.603. The van der Waals surface area contributed by atoms with E-state index in [9.17, 15) is 9.90 Å². The largest absolute Gasteiger partial charge is 0.447 e. The number of rotatable bonds is 7. The van der Waals surface area contributed by atoms with Crippen molar-refractivity contribution in [2.45, 2.75) is 32.8 Å². The van der Waals surface area contributed by atoms with Crippen LogP contribution in [0.25, 0.3) is 0 Å². The third-order valence-electron chi connectivity index (χ3n) is 2.37. The van der Waals surface area contributed by atoms with Gasteiger partial charge in [-0.3, -0.25) is 0 Å². The highest BCUT2D eigenvalue weighted by Gasteiger charge is 2.16. The maximum absolute atomic E-state index is 11.0. The molecule has 0 aliphatic heterocycles. The van der Waals surface area contributed by atoms with E-state index in [1.54, 1.807) is 0 Å². The first-order valence-corrected chi connectivity index (χ1v) is 5.35. The van der Waals surface area contributed by atoms with Gasteiger partial charge in [-0.2, -0.15) is 0 Å². The van der Waals surface area contributed by atoms with Crippen LogP contribution in [0.2, 0.25) is 0 Å². The third-order valence-corrected chi connectivity index (χ3v) is 2.37. The van der Waals surface area contributed by atoms with Gasteiger partial charge in [-0.05, 0) is 5.92 Å². The fourth-order valence-electron chi connectivity index (χ4n) is 1.38. The normalized spacial score (nSPS) is 12.6. The van der Waals surface area contributed by atoms with Gasteiger partial charge in [0.05, 0.1) is 12.7 Å². The predicted molar refractivity (Wildman–Crippen MR) is 56.5 cm³/mol. The van der Waals surface area contributed by atoms with Crippen LogP contribution in [0.1, 0.15) is 26.7 Å². The molecular formula is C10H21NO4. The maximum Gasteiger partial charge on any atom is 0.407 e. The summed E-state index contributed by atoms with van der Waals surface area (Å²) in [7, 11) is 0. The average Bonchev–Trinajstić information content (AvgIpc) is 2.25. The maximum atomic E-state index is 11.0. The van der Waals surface area contributed by atoms with Crippen molar-refractivity contribution >= 4 is 6.09 Å². The predicted octanol–water partition coefficient (Wildman–Crippen LogP) is 0.502. The van der Waals surface area contributed by atoms with E-state index >= 15 is 0 Å². The Kier molecular flexibility index (Phi) is 8.04. The van der Waals surface area contributed by atoms with Gasteiger partial charge >= 0.3 is 6.09 Å². The van der Waals surface area contributed by atoms with Crippen molar-refractivity contribution in [2.75, 3.05) is 19.8 Å². The van der Waals surface area contributed by atoms with E-state index in [1.807, 2.05) is 13.8 Å². The van der Waals surface area contributed by atoms with Gasteiger partial charge in [0.15, 0.2) is 0 Å². The van der Waals surface area contributed by atoms with Crippen molar-refractivity contribution < 1.29 is 19.7 Å². The second-order valence-electron chi connectivity index (χ2n) is 3.38. The summed E-state index contributed by atoms with van der Waals surface area (Å²) in [6, 6.07) is 0. The molecule has 0 spiro atoms. The lowest BCUT2D eigenvalue weighted by Crippen LogP contribution is -2.36. The van der Waals surface area contributed by atoms with E-state index in [4.69, 9.17) is 5.11 Å². The molecule has 0 rings (SSSR count). The molecule has 0 saturated heterocycles. The molecule has 0 aromatic carbocycles. The minimum absolute atomic E-state index is 0.0209. The van der Waals surface area contributed by atoms with Crippen LogP contribution in [0, 0.1) is 5.92 Å². The van der Waals surface area contributed by atoms with Gasteiger partial charge in [0.25, 0.3) is 0 Å². The van der Waals surface area contributed by atoms with E-state index in [0.29, 0.717) is 0 Å². The molecule has 0 radical (unpaired) electrons. The zero-order valence-corrected chi connectivity index (χ0v) is 9.40. The lowest BCUT2D eigenvalue weighted by atomic mass is 9.97. The molecule has 1 amide bonds. The highest BCUT2D eigenvalue weighted by molar-refractivity contribution is 5.67. The number of aliphatic hydroxyl groups is 2. The van der Waals surface area contributed by atoms with Crippen LogP contribution < -0.4 is 5.32 Å². The summed E-state index contributed by atoms with van der Waals surface area (Å²) < 4.78 is 4.58. The summed E-state index contributed by atoms with van der Waals surface area (Å²) >= 11 is 0. The quantitative estimate of drug-likeness (QED) is 0.582. The molecule has 0 aromatic rings. The van der Waals surface area contributed by atoms with E-state index in [-0.39, 0.29) is 25.7 Å². The number of amides is 1. The Morgan fingerprint density at radius 2 is 2.00 bits per heavy atom. The molecule has 90 valence electrons. The van der Waals surface area contributed by atoms with Gasteiger partial charge < -0.3 is 20.3 Å². The van der Waals surface area contributed by atoms with Gasteiger partial charge in [0.2, 0.25) is 0 Å². The number of carbonyl (C=O) groups excluding carboxylic acids is 1. The van der Waals surface area contributed by atoms with E-state index in [2.05, 4.69) is 10.1 Å². The first-order chi connectivity index (χ1) is 7.15. The Morgan fingerprint density at radius 1 is 1.40 bits per heavy atom. The van der Waals surface area contributed by atoms with Crippen LogP contribution >= 0.6 is 0 Å². The Labute approximate surface area is 90.4 Å². The molecule has 0 heterocycles. The van der Waals surface area contributed by atoms with E-state index in [1.165, 1.54) is 0 Å². The molecule has 0 aliphatic carbocycles. The molecule has 1 unspecified atom stereocenters. The van der Waals surface area contributed by atoms with Crippen LogP contribution in [0.5, 0.6) is 0 Å². The first kappa shape index (κ1) is 14.2. The summed E-state index contributed by atoms with van der Waals surface area (Å²) in [5, 5.41) is 20.5. The lowest BCUT2D eigenvalue weighted by Gasteiger charge is -2.20. The van der Waals surface area contributed by atoms with Crippen LogP contribution in [-0.2, 0) is 4.74 Å². The number of alkyl carbamates (subject to hydrolysis) is 1. The molecule has 0 bridgehead atoms.